The predicted molar refractivity (Wildman–Crippen MR) is 133 cm³/mol. The standard InChI is InChI=1S/C24H32N4O4S/c1-2-14-25-23(33)26-15-7-6-13-21(22(30)27-19-11-8-12-20(29)16-19)28-24(31)32-17-18-9-4-3-5-10-18/h3-5,8-12,16,21,29H,2,6-7,13-15,17H2,1H3,(H,27,30)(H,28,31)(H2,25,26,33)/t21-/m0/s1. The number of unbranched alkanes of at least 4 members (excludes halogenated alkanes) is 1. The molecule has 0 aliphatic heterocycles. The highest BCUT2D eigenvalue weighted by Crippen LogP contribution is 2.16. The van der Waals surface area contributed by atoms with Crippen LogP contribution in [-0.2, 0) is 16.1 Å². The number of phenolic OH excluding ortho intramolecular Hbond substituents is 1. The van der Waals surface area contributed by atoms with Gasteiger partial charge in [0.25, 0.3) is 0 Å². The molecule has 0 unspecified atom stereocenters. The summed E-state index contributed by atoms with van der Waals surface area (Å²) in [6.45, 7) is 3.65. The minimum Gasteiger partial charge on any atom is -0.508 e. The van der Waals surface area contributed by atoms with Crippen LogP contribution in [0.1, 0.15) is 38.2 Å². The number of benzene rings is 2. The van der Waals surface area contributed by atoms with E-state index in [0.717, 1.165) is 24.9 Å². The van der Waals surface area contributed by atoms with Crippen molar-refractivity contribution in [3.05, 3.63) is 60.2 Å². The Kier molecular flexibility index (Phi) is 11.5. The average molecular weight is 473 g/mol. The van der Waals surface area contributed by atoms with Crippen molar-refractivity contribution in [3.8, 4) is 5.75 Å². The number of carbonyl (C=O) groups is 2. The molecule has 1 atom stereocenters. The van der Waals surface area contributed by atoms with Crippen molar-refractivity contribution in [2.75, 3.05) is 18.4 Å². The van der Waals surface area contributed by atoms with E-state index < -0.39 is 12.1 Å². The van der Waals surface area contributed by atoms with E-state index in [-0.39, 0.29) is 18.3 Å². The molecule has 9 heteroatoms. The second-order valence-electron chi connectivity index (χ2n) is 7.48. The molecule has 8 nitrogen and oxygen atoms in total. The molecule has 0 aliphatic carbocycles. The molecule has 2 aromatic carbocycles. The number of hydrogen-bond donors (Lipinski definition) is 5. The first-order valence-corrected chi connectivity index (χ1v) is 11.5. The Morgan fingerprint density at radius 1 is 1.03 bits per heavy atom. The lowest BCUT2D eigenvalue weighted by Gasteiger charge is -2.19. The maximum atomic E-state index is 12.8. The number of thiocarbonyl (C=S) groups is 1. The van der Waals surface area contributed by atoms with Crippen LogP contribution in [0.25, 0.3) is 0 Å². The van der Waals surface area contributed by atoms with Crippen molar-refractivity contribution in [1.82, 2.24) is 16.0 Å². The van der Waals surface area contributed by atoms with Gasteiger partial charge in [0.15, 0.2) is 5.11 Å². The molecule has 33 heavy (non-hydrogen) atoms. The molecule has 0 spiro atoms. The minimum atomic E-state index is -0.791. The molecule has 0 aromatic heterocycles. The summed E-state index contributed by atoms with van der Waals surface area (Å²) in [7, 11) is 0. The Hall–Kier alpha value is -3.33. The van der Waals surface area contributed by atoms with Gasteiger partial charge in [-0.25, -0.2) is 4.79 Å². The van der Waals surface area contributed by atoms with E-state index in [1.165, 1.54) is 12.1 Å². The number of amides is 2. The summed E-state index contributed by atoms with van der Waals surface area (Å²) < 4.78 is 5.27. The SMILES string of the molecule is CCCNC(=S)NCCCC[C@H](NC(=O)OCc1ccccc1)C(=O)Nc1cccc(O)c1. The van der Waals surface area contributed by atoms with Gasteiger partial charge in [0.1, 0.15) is 18.4 Å². The number of phenols is 1. The topological polar surface area (TPSA) is 112 Å². The number of nitrogens with one attached hydrogen (secondary N) is 4. The zero-order valence-electron chi connectivity index (χ0n) is 18.8. The van der Waals surface area contributed by atoms with E-state index in [4.69, 9.17) is 17.0 Å². The fraction of sp³-hybridized carbons (Fsp3) is 0.375. The van der Waals surface area contributed by atoms with Crippen molar-refractivity contribution in [1.29, 1.82) is 0 Å². The van der Waals surface area contributed by atoms with Gasteiger partial charge in [0.05, 0.1) is 0 Å². The van der Waals surface area contributed by atoms with Gasteiger partial charge in [0.2, 0.25) is 5.91 Å². The van der Waals surface area contributed by atoms with Gasteiger partial charge < -0.3 is 31.1 Å². The summed E-state index contributed by atoms with van der Waals surface area (Å²) in [6, 6.07) is 14.8. The lowest BCUT2D eigenvalue weighted by Crippen LogP contribution is -2.44. The number of hydrogen-bond acceptors (Lipinski definition) is 5. The lowest BCUT2D eigenvalue weighted by atomic mass is 10.1. The van der Waals surface area contributed by atoms with Crippen LogP contribution in [0.2, 0.25) is 0 Å². The minimum absolute atomic E-state index is 0.0401. The zero-order chi connectivity index (χ0) is 23.9. The second-order valence-corrected chi connectivity index (χ2v) is 7.88. The Labute approximate surface area is 200 Å². The molecule has 0 aliphatic rings. The van der Waals surface area contributed by atoms with Crippen molar-refractivity contribution < 1.29 is 19.4 Å². The lowest BCUT2D eigenvalue weighted by molar-refractivity contribution is -0.118. The summed E-state index contributed by atoms with van der Waals surface area (Å²) in [5, 5.41) is 21.8. The van der Waals surface area contributed by atoms with Crippen LogP contribution in [-0.4, -0.2) is 41.4 Å². The molecule has 5 N–H and O–H groups in total. The third-order valence-electron chi connectivity index (χ3n) is 4.68. The third-order valence-corrected chi connectivity index (χ3v) is 4.96. The Morgan fingerprint density at radius 3 is 2.52 bits per heavy atom. The zero-order valence-corrected chi connectivity index (χ0v) is 19.6. The van der Waals surface area contributed by atoms with E-state index in [0.29, 0.717) is 30.2 Å². The van der Waals surface area contributed by atoms with Crippen molar-refractivity contribution in [3.63, 3.8) is 0 Å². The molecule has 0 saturated heterocycles. The highest BCUT2D eigenvalue weighted by atomic mass is 32.1. The molecule has 0 radical (unpaired) electrons. The molecule has 0 fully saturated rings. The summed E-state index contributed by atoms with van der Waals surface area (Å²) in [4.78, 5) is 25.1. The molecule has 0 saturated carbocycles. The largest absolute Gasteiger partial charge is 0.508 e. The summed E-state index contributed by atoms with van der Waals surface area (Å²) in [6.07, 6.45) is 2.19. The molecule has 0 bridgehead atoms. The van der Waals surface area contributed by atoms with Gasteiger partial charge in [-0.3, -0.25) is 4.79 Å². The van der Waals surface area contributed by atoms with Crippen LogP contribution in [0.3, 0.4) is 0 Å². The van der Waals surface area contributed by atoms with E-state index in [2.05, 4.69) is 28.2 Å². The first kappa shape index (κ1) is 25.9. The van der Waals surface area contributed by atoms with Gasteiger partial charge in [-0.05, 0) is 55.6 Å². The monoisotopic (exact) mass is 472 g/mol. The first-order valence-electron chi connectivity index (χ1n) is 11.1. The maximum absolute atomic E-state index is 12.8. The molecule has 0 heterocycles. The summed E-state index contributed by atoms with van der Waals surface area (Å²) in [5.74, 6) is -0.344. The van der Waals surface area contributed by atoms with E-state index in [1.54, 1.807) is 12.1 Å². The Morgan fingerprint density at radius 2 is 1.79 bits per heavy atom. The van der Waals surface area contributed by atoms with Crippen LogP contribution in [0.15, 0.2) is 54.6 Å². The number of rotatable bonds is 12. The van der Waals surface area contributed by atoms with E-state index in [1.807, 2.05) is 30.3 Å². The maximum Gasteiger partial charge on any atom is 0.408 e. The van der Waals surface area contributed by atoms with Gasteiger partial charge in [-0.15, -0.1) is 0 Å². The van der Waals surface area contributed by atoms with Crippen LogP contribution in [0.4, 0.5) is 10.5 Å². The van der Waals surface area contributed by atoms with Crippen LogP contribution in [0, 0.1) is 0 Å². The fourth-order valence-electron chi connectivity index (χ4n) is 2.97. The van der Waals surface area contributed by atoms with Crippen LogP contribution < -0.4 is 21.3 Å². The van der Waals surface area contributed by atoms with Gasteiger partial charge in [0, 0.05) is 24.8 Å². The van der Waals surface area contributed by atoms with Crippen LogP contribution in [0.5, 0.6) is 5.75 Å². The molecular formula is C24H32N4O4S. The van der Waals surface area contributed by atoms with Crippen molar-refractivity contribution >= 4 is 35.0 Å². The molecular weight excluding hydrogens is 440 g/mol. The molecule has 178 valence electrons. The predicted octanol–water partition coefficient (Wildman–Crippen LogP) is 3.67. The smallest absolute Gasteiger partial charge is 0.408 e. The number of carbonyl (C=O) groups excluding carboxylic acids is 2. The summed E-state index contributed by atoms with van der Waals surface area (Å²) in [5.41, 5.74) is 1.30. The Bertz CT molecular complexity index is 895. The first-order chi connectivity index (χ1) is 16.0. The summed E-state index contributed by atoms with van der Waals surface area (Å²) >= 11 is 5.19. The van der Waals surface area contributed by atoms with Gasteiger partial charge in [-0.2, -0.15) is 0 Å². The molecule has 2 rings (SSSR count). The quantitative estimate of drug-likeness (QED) is 0.237. The Balaban J connectivity index is 1.87. The molecule has 2 aromatic rings. The normalized spacial score (nSPS) is 11.2. The van der Waals surface area contributed by atoms with Crippen LogP contribution >= 0.6 is 12.2 Å². The number of ether oxygens (including phenoxy) is 1. The van der Waals surface area contributed by atoms with E-state index in [9.17, 15) is 14.7 Å². The highest BCUT2D eigenvalue weighted by Gasteiger charge is 2.21. The fourth-order valence-corrected chi connectivity index (χ4v) is 3.17. The van der Waals surface area contributed by atoms with Crippen molar-refractivity contribution in [2.24, 2.45) is 0 Å². The number of alkyl carbamates (subject to hydrolysis) is 1. The highest BCUT2D eigenvalue weighted by molar-refractivity contribution is 7.80. The average Bonchev–Trinajstić information content (AvgIpc) is 2.81. The number of anilines is 1. The van der Waals surface area contributed by atoms with E-state index >= 15 is 0 Å². The third kappa shape index (κ3) is 10.7. The van der Waals surface area contributed by atoms with Crippen molar-refractivity contribution in [2.45, 2.75) is 45.3 Å². The van der Waals surface area contributed by atoms with Gasteiger partial charge in [-0.1, -0.05) is 43.3 Å². The second kappa shape index (κ2) is 14.7. The molecule has 2 amide bonds. The number of aromatic hydroxyl groups is 1. The van der Waals surface area contributed by atoms with Gasteiger partial charge >= 0.3 is 6.09 Å².